The van der Waals surface area contributed by atoms with Crippen LogP contribution in [0.15, 0.2) is 42.5 Å². The minimum Gasteiger partial charge on any atom is -0.331 e. The highest BCUT2D eigenvalue weighted by molar-refractivity contribution is 7.80. The molecule has 2 aromatic carbocycles. The summed E-state index contributed by atoms with van der Waals surface area (Å²) in [5, 5.41) is 2.96. The van der Waals surface area contributed by atoms with Crippen LogP contribution in [0.2, 0.25) is 0 Å². The maximum atomic E-state index is 7.31. The van der Waals surface area contributed by atoms with Crippen molar-refractivity contribution in [3.8, 4) is 22.3 Å². The second-order valence-electron chi connectivity index (χ2n) is 3.73. The predicted octanol–water partition coefficient (Wildman–Crippen LogP) is 3.31. The van der Waals surface area contributed by atoms with Crippen molar-refractivity contribution in [2.75, 3.05) is 5.32 Å². The van der Waals surface area contributed by atoms with E-state index in [9.17, 15) is 0 Å². The second-order valence-corrected chi connectivity index (χ2v) is 4.14. The van der Waals surface area contributed by atoms with Crippen LogP contribution in [0.3, 0.4) is 0 Å². The van der Waals surface area contributed by atoms with Crippen LogP contribution in [-0.2, 0) is 0 Å². The van der Waals surface area contributed by atoms with E-state index in [1.807, 2.05) is 24.3 Å². The van der Waals surface area contributed by atoms with Crippen molar-refractivity contribution in [3.05, 3.63) is 42.5 Å². The van der Waals surface area contributed by atoms with Crippen LogP contribution in [0.25, 0.3) is 22.3 Å². The molecule has 0 unspecified atom stereocenters. The van der Waals surface area contributed by atoms with E-state index in [1.165, 1.54) is 22.3 Å². The highest BCUT2D eigenvalue weighted by atomic mass is 32.1. The fourth-order valence-corrected chi connectivity index (χ4v) is 2.28. The van der Waals surface area contributed by atoms with Crippen molar-refractivity contribution < 1.29 is 0 Å². The van der Waals surface area contributed by atoms with Gasteiger partial charge in [0.05, 0.1) is 0 Å². The Labute approximate surface area is 99.1 Å². The van der Waals surface area contributed by atoms with Crippen molar-refractivity contribution >= 4 is 23.0 Å². The van der Waals surface area contributed by atoms with Gasteiger partial charge in [0.25, 0.3) is 0 Å². The van der Waals surface area contributed by atoms with E-state index in [2.05, 4.69) is 23.5 Å². The Morgan fingerprint density at radius 1 is 0.938 bits per heavy atom. The van der Waals surface area contributed by atoms with Gasteiger partial charge in [0, 0.05) is 11.3 Å². The van der Waals surface area contributed by atoms with Crippen LogP contribution in [0, 0.1) is 0 Å². The molecule has 0 heterocycles. The molecule has 0 bridgehead atoms. The van der Waals surface area contributed by atoms with E-state index in [0.717, 1.165) is 5.69 Å². The van der Waals surface area contributed by atoms with Crippen LogP contribution >= 0.6 is 12.2 Å². The molecule has 2 nitrogen and oxygen atoms in total. The van der Waals surface area contributed by atoms with Crippen LogP contribution in [-0.4, -0.2) is 5.11 Å². The summed E-state index contributed by atoms with van der Waals surface area (Å²) in [6, 6.07) is 14.3. The molecule has 0 saturated carbocycles. The van der Waals surface area contributed by atoms with Crippen LogP contribution in [0.5, 0.6) is 0 Å². The van der Waals surface area contributed by atoms with Crippen LogP contribution in [0.1, 0.15) is 0 Å². The Kier molecular flexibility index (Phi) is 1.94. The van der Waals surface area contributed by atoms with Crippen molar-refractivity contribution in [2.45, 2.75) is 0 Å². The average molecular weight is 225 g/mol. The van der Waals surface area contributed by atoms with Crippen LogP contribution in [0.4, 0.5) is 5.69 Å². The monoisotopic (exact) mass is 225 g/mol. The van der Waals surface area contributed by atoms with Gasteiger partial charge < -0.3 is 5.32 Å². The Morgan fingerprint density at radius 3 is 2.38 bits per heavy atom. The summed E-state index contributed by atoms with van der Waals surface area (Å²) in [5.41, 5.74) is 13.2. The van der Waals surface area contributed by atoms with Gasteiger partial charge in [-0.25, -0.2) is 0 Å². The topological polar surface area (TPSA) is 35.8 Å². The van der Waals surface area contributed by atoms with Crippen molar-refractivity contribution in [2.24, 2.45) is 0 Å². The van der Waals surface area contributed by atoms with E-state index in [4.69, 9.17) is 18.0 Å². The van der Waals surface area contributed by atoms with Gasteiger partial charge in [-0.3, -0.25) is 5.73 Å². The third-order valence-corrected chi connectivity index (χ3v) is 2.90. The summed E-state index contributed by atoms with van der Waals surface area (Å²) >= 11 is 4.76. The quantitative estimate of drug-likeness (QED) is 0.645. The maximum absolute atomic E-state index is 7.31. The van der Waals surface area contributed by atoms with Gasteiger partial charge in [0.2, 0.25) is 0 Å². The largest absolute Gasteiger partial charge is 0.331 e. The molecule has 3 heteroatoms. The molecule has 1 aliphatic carbocycles. The van der Waals surface area contributed by atoms with E-state index in [1.54, 1.807) is 0 Å². The first-order valence-corrected chi connectivity index (χ1v) is 5.43. The van der Waals surface area contributed by atoms with Gasteiger partial charge in [0.15, 0.2) is 5.11 Å². The second kappa shape index (κ2) is 3.32. The van der Waals surface area contributed by atoms with Gasteiger partial charge >= 0.3 is 0 Å². The molecule has 0 aliphatic heterocycles. The number of nitrogens with one attached hydrogen (secondary N) is 2. The lowest BCUT2D eigenvalue weighted by atomic mass is 9.80. The Morgan fingerprint density at radius 2 is 1.62 bits per heavy atom. The molecule has 3 rings (SSSR count). The van der Waals surface area contributed by atoms with Gasteiger partial charge in [-0.1, -0.05) is 36.4 Å². The molecule has 1 aliphatic rings. The third kappa shape index (κ3) is 1.22. The smallest absolute Gasteiger partial charge is 0.189 e. The molecule has 0 amide bonds. The Hall–Kier alpha value is -1.87. The first kappa shape index (κ1) is 9.36. The van der Waals surface area contributed by atoms with Gasteiger partial charge in [-0.15, -0.1) is 0 Å². The zero-order valence-electron chi connectivity index (χ0n) is 8.45. The van der Waals surface area contributed by atoms with E-state index >= 15 is 0 Å². The van der Waals surface area contributed by atoms with Crippen molar-refractivity contribution in [3.63, 3.8) is 0 Å². The maximum Gasteiger partial charge on any atom is 0.189 e. The zero-order valence-corrected chi connectivity index (χ0v) is 9.27. The normalized spacial score (nSPS) is 11.0. The highest BCUT2D eigenvalue weighted by Gasteiger charge is 2.24. The highest BCUT2D eigenvalue weighted by Crippen LogP contribution is 2.50. The first-order chi connectivity index (χ1) is 7.77. The molecule has 1 radical (unpaired) electrons. The molecular formula is C13H9N2S. The van der Waals surface area contributed by atoms with Crippen molar-refractivity contribution in [1.29, 1.82) is 0 Å². The molecule has 16 heavy (non-hydrogen) atoms. The molecule has 0 spiro atoms. The number of rotatable bonds is 1. The predicted molar refractivity (Wildman–Crippen MR) is 70.2 cm³/mol. The zero-order chi connectivity index (χ0) is 11.1. The minimum atomic E-state index is 0.0535. The summed E-state index contributed by atoms with van der Waals surface area (Å²) in [6.07, 6.45) is 0. The van der Waals surface area contributed by atoms with Gasteiger partial charge in [-0.2, -0.15) is 0 Å². The summed E-state index contributed by atoms with van der Waals surface area (Å²) in [6.45, 7) is 0. The Bertz CT molecular complexity index is 590. The lowest BCUT2D eigenvalue weighted by Gasteiger charge is -2.26. The number of fused-ring (bicyclic) bond motifs is 4. The standard InChI is InChI=1S/C13H9N2S/c14-13(16)15-11-7-3-6-10-8-4-1-2-5-9(8)12(10)11/h1-7,14H,(H,15,16). The third-order valence-electron chi connectivity index (χ3n) is 2.80. The van der Waals surface area contributed by atoms with Gasteiger partial charge in [-0.05, 0) is 35.0 Å². The van der Waals surface area contributed by atoms with Gasteiger partial charge in [0.1, 0.15) is 0 Å². The molecule has 0 saturated heterocycles. The lowest BCUT2D eigenvalue weighted by Crippen LogP contribution is -2.12. The summed E-state index contributed by atoms with van der Waals surface area (Å²) in [4.78, 5) is 0. The number of thiocarbonyl (C=S) groups is 1. The summed E-state index contributed by atoms with van der Waals surface area (Å²) in [5.74, 6) is 0. The molecule has 2 N–H and O–H groups in total. The minimum absolute atomic E-state index is 0.0535. The summed E-state index contributed by atoms with van der Waals surface area (Å²) < 4.78 is 0. The number of hydrogen-bond donors (Lipinski definition) is 1. The average Bonchev–Trinajstić information content (AvgIpc) is 2.24. The molecule has 77 valence electrons. The van der Waals surface area contributed by atoms with E-state index in [-0.39, 0.29) is 5.11 Å². The fourth-order valence-electron chi connectivity index (χ4n) is 2.17. The van der Waals surface area contributed by atoms with Crippen LogP contribution < -0.4 is 11.1 Å². The van der Waals surface area contributed by atoms with E-state index < -0.39 is 0 Å². The molecule has 0 fully saturated rings. The Balaban J connectivity index is 2.14. The number of benzene rings is 2. The lowest BCUT2D eigenvalue weighted by molar-refractivity contribution is 1.49. The first-order valence-electron chi connectivity index (χ1n) is 5.03. The number of anilines is 1. The number of hydrogen-bond acceptors (Lipinski definition) is 1. The molecule has 0 aromatic heterocycles. The SMILES string of the molecule is [NH]C(=S)Nc1cccc2c1-c1ccccc1-2. The fraction of sp³-hybridized carbons (Fsp3) is 0. The molecule has 0 atom stereocenters. The molecular weight excluding hydrogens is 216 g/mol. The van der Waals surface area contributed by atoms with E-state index in [0.29, 0.717) is 0 Å². The van der Waals surface area contributed by atoms with Crippen molar-refractivity contribution in [1.82, 2.24) is 5.73 Å². The summed E-state index contributed by atoms with van der Waals surface area (Å²) in [7, 11) is 0. The molecule has 2 aromatic rings.